The van der Waals surface area contributed by atoms with Crippen molar-refractivity contribution in [2.75, 3.05) is 26.4 Å². The van der Waals surface area contributed by atoms with Gasteiger partial charge < -0.3 is 30.3 Å². The van der Waals surface area contributed by atoms with Crippen molar-refractivity contribution in [3.8, 4) is 0 Å². The number of aromatic nitrogens is 1. The summed E-state index contributed by atoms with van der Waals surface area (Å²) in [5, 5.41) is 44.6. The maximum absolute atomic E-state index is 10.5. The molecule has 1 atom stereocenters. The Labute approximate surface area is 166 Å². The number of nitrogens with zero attached hydrogens (tertiary/aromatic N) is 1. The normalized spacial score (nSPS) is 13.6. The Bertz CT molecular complexity index is 873. The lowest BCUT2D eigenvalue weighted by Gasteiger charge is -2.30. The lowest BCUT2D eigenvalue weighted by atomic mass is 10.0. The fraction of sp³-hybridized carbons (Fsp3) is 0.368. The van der Waals surface area contributed by atoms with Crippen molar-refractivity contribution in [3.05, 3.63) is 46.4 Å². The number of nitrogens with one attached hydrogen (secondary N) is 1. The molecule has 0 fully saturated rings. The first-order valence-corrected chi connectivity index (χ1v) is 9.31. The van der Waals surface area contributed by atoms with Crippen molar-refractivity contribution in [2.24, 2.45) is 0 Å². The molecule has 0 aliphatic carbocycles. The summed E-state index contributed by atoms with van der Waals surface area (Å²) in [5.41, 5.74) is 0.588. The van der Waals surface area contributed by atoms with E-state index < -0.39 is 31.5 Å². The van der Waals surface area contributed by atoms with E-state index in [1.165, 1.54) is 0 Å². The molecule has 8 heteroatoms. The Morgan fingerprint density at radius 2 is 1.37 bits per heavy atom. The van der Waals surface area contributed by atoms with Crippen LogP contribution in [-0.4, -0.2) is 63.0 Å². The van der Waals surface area contributed by atoms with E-state index in [4.69, 9.17) is 23.2 Å². The highest BCUT2D eigenvalue weighted by Crippen LogP contribution is 2.33. The zero-order chi connectivity index (χ0) is 19.6. The molecule has 1 heterocycles. The molecule has 0 aliphatic rings. The molecule has 0 bridgehead atoms. The van der Waals surface area contributed by atoms with Crippen LogP contribution in [-0.2, 0) is 6.54 Å². The van der Waals surface area contributed by atoms with Gasteiger partial charge in [0.15, 0.2) is 0 Å². The van der Waals surface area contributed by atoms with Gasteiger partial charge in [-0.2, -0.15) is 0 Å². The van der Waals surface area contributed by atoms with E-state index >= 15 is 0 Å². The van der Waals surface area contributed by atoms with Gasteiger partial charge in [0, 0.05) is 38.4 Å². The highest BCUT2D eigenvalue weighted by atomic mass is 35.5. The third kappa shape index (κ3) is 4.07. The molecule has 0 saturated carbocycles. The number of halogens is 2. The van der Waals surface area contributed by atoms with Crippen molar-refractivity contribution in [1.82, 2.24) is 9.88 Å². The second kappa shape index (κ2) is 8.32. The summed E-state index contributed by atoms with van der Waals surface area (Å²) in [6.07, 6.45) is -0.820. The summed E-state index contributed by atoms with van der Waals surface area (Å²) in [6, 6.07) is 11.1. The van der Waals surface area contributed by atoms with Gasteiger partial charge in [-0.25, -0.2) is 0 Å². The number of β-amino-alcohol motifs (C(OH)–C–C–N with tert-alkyl or cyclic N) is 1. The molecule has 0 unspecified atom stereocenters. The molecule has 0 aliphatic heterocycles. The van der Waals surface area contributed by atoms with Crippen LogP contribution in [0, 0.1) is 0 Å². The Hall–Kier alpha value is -1.38. The lowest BCUT2D eigenvalue weighted by molar-refractivity contribution is 0.0308. The van der Waals surface area contributed by atoms with Crippen LogP contribution in [0.2, 0.25) is 10.0 Å². The fourth-order valence-electron chi connectivity index (χ4n) is 3.17. The van der Waals surface area contributed by atoms with Crippen LogP contribution in [0.4, 0.5) is 0 Å². The molecule has 0 amide bonds. The lowest BCUT2D eigenvalue weighted by Crippen LogP contribution is -2.56. The van der Waals surface area contributed by atoms with Gasteiger partial charge in [0.1, 0.15) is 0 Å². The summed E-state index contributed by atoms with van der Waals surface area (Å²) in [4.78, 5) is 0. The first kappa shape index (κ1) is 20.4. The van der Waals surface area contributed by atoms with Crippen molar-refractivity contribution < 1.29 is 20.4 Å². The first-order valence-electron chi connectivity index (χ1n) is 8.56. The van der Waals surface area contributed by atoms with E-state index in [1.807, 2.05) is 28.8 Å². The molecule has 6 nitrogen and oxygen atoms in total. The Morgan fingerprint density at radius 1 is 0.889 bits per heavy atom. The number of fused-ring (bicyclic) bond motifs is 3. The number of rotatable bonds is 8. The number of hydrogen-bond donors (Lipinski definition) is 5. The molecule has 0 radical (unpaired) electrons. The van der Waals surface area contributed by atoms with Gasteiger partial charge >= 0.3 is 0 Å². The zero-order valence-electron chi connectivity index (χ0n) is 14.6. The van der Waals surface area contributed by atoms with Crippen LogP contribution in [0.5, 0.6) is 0 Å². The van der Waals surface area contributed by atoms with Gasteiger partial charge in [-0.3, -0.25) is 0 Å². The molecular formula is C19H22Cl2N2O4. The number of aliphatic hydroxyl groups is 4. The largest absolute Gasteiger partial charge is 0.394 e. The van der Waals surface area contributed by atoms with Crippen LogP contribution < -0.4 is 5.32 Å². The molecule has 3 rings (SSSR count). The highest BCUT2D eigenvalue weighted by molar-refractivity contribution is 6.33. The zero-order valence-corrected chi connectivity index (χ0v) is 16.1. The average Bonchev–Trinajstić information content (AvgIpc) is 2.96. The highest BCUT2D eigenvalue weighted by Gasteiger charge is 2.28. The summed E-state index contributed by atoms with van der Waals surface area (Å²) >= 11 is 12.3. The first-order chi connectivity index (χ1) is 12.9. The maximum Gasteiger partial charge on any atom is 0.0882 e. The predicted molar refractivity (Wildman–Crippen MR) is 107 cm³/mol. The third-order valence-corrected chi connectivity index (χ3v) is 5.27. The van der Waals surface area contributed by atoms with Crippen molar-refractivity contribution in [3.63, 3.8) is 0 Å². The summed E-state index contributed by atoms with van der Waals surface area (Å²) in [7, 11) is 0. The third-order valence-electron chi connectivity index (χ3n) is 4.80. The van der Waals surface area contributed by atoms with Gasteiger partial charge in [-0.15, -0.1) is 0 Å². The molecule has 5 N–H and O–H groups in total. The van der Waals surface area contributed by atoms with Crippen LogP contribution in [0.15, 0.2) is 36.4 Å². The predicted octanol–water partition coefficient (Wildman–Crippen LogP) is 1.77. The molecule has 0 saturated heterocycles. The van der Waals surface area contributed by atoms with E-state index in [9.17, 15) is 20.4 Å². The molecule has 27 heavy (non-hydrogen) atoms. The molecular weight excluding hydrogens is 391 g/mol. The molecule has 0 spiro atoms. The molecule has 1 aromatic heterocycles. The number of benzene rings is 2. The minimum atomic E-state index is -1.23. The quantitative estimate of drug-likeness (QED) is 0.388. The Kier molecular flexibility index (Phi) is 6.28. The van der Waals surface area contributed by atoms with Gasteiger partial charge in [-0.05, 0) is 36.4 Å². The van der Waals surface area contributed by atoms with Crippen LogP contribution in [0.1, 0.15) is 0 Å². The number of hydrogen-bond acceptors (Lipinski definition) is 5. The van der Waals surface area contributed by atoms with E-state index in [-0.39, 0.29) is 13.1 Å². The van der Waals surface area contributed by atoms with E-state index in [0.717, 1.165) is 21.8 Å². The minimum Gasteiger partial charge on any atom is -0.394 e. The summed E-state index contributed by atoms with van der Waals surface area (Å²) in [6.45, 7) is -0.976. The SMILES string of the molecule is OCC(CO)(CO)NC[C@H](O)Cn1c2ccc(Cl)cc2c2cc(Cl)ccc21. The summed E-state index contributed by atoms with van der Waals surface area (Å²) < 4.78 is 1.97. The standard InChI is InChI=1S/C19H22Cl2N2O4/c20-12-1-3-17-15(5-12)16-6-13(21)2-4-18(16)23(17)8-14(27)7-22-19(9-24,10-25)11-26/h1-6,14,22,24-27H,7-11H2/t14-/m0/s1. The average molecular weight is 413 g/mol. The number of aliphatic hydroxyl groups excluding tert-OH is 4. The Balaban J connectivity index is 1.92. The van der Waals surface area contributed by atoms with Crippen molar-refractivity contribution >= 4 is 45.0 Å². The minimum absolute atomic E-state index is 0.0873. The molecule has 2 aromatic carbocycles. The van der Waals surface area contributed by atoms with Gasteiger partial charge in [-0.1, -0.05) is 23.2 Å². The summed E-state index contributed by atoms with van der Waals surface area (Å²) in [5.74, 6) is 0. The van der Waals surface area contributed by atoms with Crippen LogP contribution in [0.3, 0.4) is 0 Å². The van der Waals surface area contributed by atoms with E-state index in [0.29, 0.717) is 10.0 Å². The van der Waals surface area contributed by atoms with Gasteiger partial charge in [0.25, 0.3) is 0 Å². The fourth-order valence-corrected chi connectivity index (χ4v) is 3.52. The van der Waals surface area contributed by atoms with Gasteiger partial charge in [0.05, 0.1) is 38.0 Å². The van der Waals surface area contributed by atoms with Crippen molar-refractivity contribution in [2.45, 2.75) is 18.2 Å². The maximum atomic E-state index is 10.5. The molecule has 3 aromatic rings. The van der Waals surface area contributed by atoms with Crippen LogP contribution >= 0.6 is 23.2 Å². The van der Waals surface area contributed by atoms with Gasteiger partial charge in [0.2, 0.25) is 0 Å². The van der Waals surface area contributed by atoms with Crippen LogP contribution in [0.25, 0.3) is 21.8 Å². The van der Waals surface area contributed by atoms with E-state index in [2.05, 4.69) is 5.32 Å². The second-order valence-corrected chi connectivity index (χ2v) is 7.60. The second-order valence-electron chi connectivity index (χ2n) is 6.72. The monoisotopic (exact) mass is 412 g/mol. The Morgan fingerprint density at radius 3 is 1.81 bits per heavy atom. The van der Waals surface area contributed by atoms with Crippen molar-refractivity contribution in [1.29, 1.82) is 0 Å². The van der Waals surface area contributed by atoms with E-state index in [1.54, 1.807) is 12.1 Å². The molecule has 146 valence electrons. The smallest absolute Gasteiger partial charge is 0.0882 e. The topological polar surface area (TPSA) is 97.9 Å².